The maximum atomic E-state index is 9.87. The minimum Gasteiger partial charge on any atom is -0.576 e. The molecule has 0 bridgehead atoms. The first-order valence-corrected chi connectivity index (χ1v) is 1.60. The van der Waals surface area contributed by atoms with Crippen LogP contribution in [0.4, 0.5) is 0 Å². The molecule has 0 heterocycles. The summed E-state index contributed by atoms with van der Waals surface area (Å²) in [6, 6.07) is 0. The summed E-state index contributed by atoms with van der Waals surface area (Å²) >= 11 is 0. The fourth-order valence-electron chi connectivity index (χ4n) is 0.107. The topological polar surface area (TPSA) is 74.9 Å². The van der Waals surface area contributed by atoms with Gasteiger partial charge < -0.3 is 26.2 Å². The van der Waals surface area contributed by atoms with Crippen LogP contribution in [0, 0.1) is 6.42 Å². The Balaban J connectivity index is -0.0000000600. The molecule has 0 rings (SSSR count). The second-order valence-electron chi connectivity index (χ2n) is 0.785. The molecule has 0 aliphatic heterocycles. The van der Waals surface area contributed by atoms with Crippen LogP contribution in [0.3, 0.4) is 0 Å². The van der Waals surface area contributed by atoms with Gasteiger partial charge in [-0.25, -0.2) is 0 Å². The predicted octanol–water partition coefficient (Wildman–Crippen LogP) is -1.36. The van der Waals surface area contributed by atoms with Crippen LogP contribution in [0.2, 0.25) is 0 Å². The van der Waals surface area contributed by atoms with Gasteiger partial charge in [0.2, 0.25) is 0 Å². The van der Waals surface area contributed by atoms with Gasteiger partial charge in [-0.15, -0.1) is 0 Å². The van der Waals surface area contributed by atoms with Crippen LogP contribution in [0.1, 0.15) is 0 Å². The summed E-state index contributed by atoms with van der Waals surface area (Å²) < 4.78 is 4.03. The Morgan fingerprint density at radius 1 is 1.60 bits per heavy atom. The molecule has 2 N–H and O–H groups in total. The zero-order valence-corrected chi connectivity index (χ0v) is 11.1. The molecule has 6 heteroatoms. The van der Waals surface area contributed by atoms with Gasteiger partial charge in [-0.1, -0.05) is 0 Å². The van der Waals surface area contributed by atoms with Gasteiger partial charge in [0.15, 0.2) is 0 Å². The number of carbonyl (C=O) groups excluding carboxylic acids is 2. The number of carbonyl (C=O) groups is 1. The number of rotatable bonds is 2. The molecule has 0 aromatic heterocycles. The van der Waals surface area contributed by atoms with Crippen molar-refractivity contribution in [3.63, 3.8) is 0 Å². The van der Waals surface area contributed by atoms with Crippen molar-refractivity contribution in [2.75, 3.05) is 7.11 Å². The van der Waals surface area contributed by atoms with Gasteiger partial charge >= 0.3 is 0 Å². The van der Waals surface area contributed by atoms with Crippen LogP contribution in [0.15, 0.2) is 0 Å². The Bertz CT molecular complexity index is 87.3. The van der Waals surface area contributed by atoms with E-state index in [4.69, 9.17) is 0 Å². The Morgan fingerprint density at radius 2 is 2.00 bits per heavy atom. The largest absolute Gasteiger partial charge is 0.576 e. The van der Waals surface area contributed by atoms with Gasteiger partial charge in [-0.3, -0.25) is 0 Å². The average molecular weight is 391 g/mol. The molecule has 10 heavy (non-hydrogen) atoms. The third kappa shape index (κ3) is 15.9. The summed E-state index contributed by atoms with van der Waals surface area (Å²) in [6.07, 6.45) is 1.95. The Hall–Kier alpha value is 0.762. The third-order valence-corrected chi connectivity index (χ3v) is 0.378. The summed E-state index contributed by atoms with van der Waals surface area (Å²) in [5, 5.41) is 0. The van der Waals surface area contributed by atoms with Crippen molar-refractivity contribution in [2.24, 2.45) is 0 Å². The van der Waals surface area contributed by atoms with Crippen LogP contribution in [0.5, 0.6) is 0 Å². The molecule has 1 radical (unpaired) electrons. The Kier molecular flexibility index (Phi) is 36.8. The minimum atomic E-state index is -0.671. The summed E-state index contributed by atoms with van der Waals surface area (Å²) in [7, 11) is 1.19. The van der Waals surface area contributed by atoms with Gasteiger partial charge in [0.1, 0.15) is 0 Å². The van der Waals surface area contributed by atoms with Crippen LogP contribution >= 0.6 is 0 Å². The zero-order valence-electron chi connectivity index (χ0n) is 5.29. The van der Waals surface area contributed by atoms with Crippen molar-refractivity contribution >= 4 is 12.3 Å². The molecule has 0 atom stereocenters. The normalized spacial score (nSPS) is 4.90. The molecule has 0 aliphatic rings. The molecule has 0 aromatic rings. The van der Waals surface area contributed by atoms with Crippen molar-refractivity contribution in [1.29, 1.82) is 0 Å². The fraction of sp³-hybridized carbons (Fsp3) is 0.250. The summed E-state index contributed by atoms with van der Waals surface area (Å²) in [5.41, 5.74) is 0. The van der Waals surface area contributed by atoms with E-state index in [1.165, 1.54) is 13.4 Å². The minimum absolute atomic E-state index is 0. The van der Waals surface area contributed by atoms with Gasteiger partial charge in [0.05, 0.1) is 7.11 Å². The summed E-state index contributed by atoms with van der Waals surface area (Å²) in [6.45, 7) is 0. The maximum absolute atomic E-state index is 9.87. The Morgan fingerprint density at radius 3 is 2.10 bits per heavy atom. The second kappa shape index (κ2) is 16.4. The van der Waals surface area contributed by atoms with Crippen LogP contribution in [-0.2, 0) is 68.1 Å². The first-order chi connectivity index (χ1) is 3.31. The van der Waals surface area contributed by atoms with E-state index in [1.54, 1.807) is 0 Å². The molecule has 0 saturated carbocycles. The van der Waals surface area contributed by atoms with Crippen LogP contribution in [0.25, 0.3) is 0 Å². The molecule has 0 aromatic carbocycles. The number of ether oxygens (including phenoxy) is 1. The van der Waals surface area contributed by atoms with Crippen LogP contribution < -0.4 is 0 Å². The predicted molar refractivity (Wildman–Crippen MR) is 25.6 cm³/mol. The van der Waals surface area contributed by atoms with Gasteiger partial charge in [-0.2, -0.15) is 6.29 Å². The van der Waals surface area contributed by atoms with Crippen molar-refractivity contribution in [2.45, 2.75) is 0 Å². The molecular formula is C4H6O4WY-2. The zero-order chi connectivity index (χ0) is 5.70. The number of esters is 1. The van der Waals surface area contributed by atoms with Crippen molar-refractivity contribution in [3.8, 4) is 0 Å². The van der Waals surface area contributed by atoms with Crippen molar-refractivity contribution in [3.05, 3.63) is 6.42 Å². The third-order valence-electron chi connectivity index (χ3n) is 0.378. The number of hydrogen-bond donors (Lipinski definition) is 0. The first-order valence-electron chi connectivity index (χ1n) is 1.60. The fourth-order valence-corrected chi connectivity index (χ4v) is 0.107. The number of hydrogen-bond acceptors (Lipinski definition) is 3. The van der Waals surface area contributed by atoms with E-state index in [2.05, 4.69) is 4.74 Å². The molecule has 57 valence electrons. The van der Waals surface area contributed by atoms with Crippen LogP contribution in [-0.4, -0.2) is 24.8 Å². The van der Waals surface area contributed by atoms with Crippen molar-refractivity contribution in [1.82, 2.24) is 0 Å². The van der Waals surface area contributed by atoms with E-state index in [9.17, 15) is 9.59 Å². The van der Waals surface area contributed by atoms with Gasteiger partial charge in [0.25, 0.3) is 0 Å². The maximum Gasteiger partial charge on any atom is 0.0536 e. The summed E-state index contributed by atoms with van der Waals surface area (Å²) in [4.78, 5) is 19.2. The molecule has 0 aliphatic carbocycles. The monoisotopic (exact) mass is 391 g/mol. The molecule has 0 fully saturated rings. The summed E-state index contributed by atoms with van der Waals surface area (Å²) in [5.74, 6) is -0.671. The van der Waals surface area contributed by atoms with E-state index < -0.39 is 5.97 Å². The molecule has 0 spiro atoms. The van der Waals surface area contributed by atoms with E-state index in [1.807, 2.05) is 0 Å². The molecule has 0 amide bonds. The standard InChI is InChI=1S/C4H4O3.H2O.W.Y/c1-7-4(6)2-3-5;;;/h2H,1H3;1H2;;/q-2;;;. The number of methoxy groups -OCH3 is 1. The van der Waals surface area contributed by atoms with E-state index in [0.29, 0.717) is 6.42 Å². The van der Waals surface area contributed by atoms with E-state index in [-0.39, 0.29) is 59.3 Å². The Labute approximate surface area is 98.5 Å². The smallest absolute Gasteiger partial charge is 0.0536 e. The first kappa shape index (κ1) is 22.4. The quantitative estimate of drug-likeness (QED) is 0.332. The van der Waals surface area contributed by atoms with E-state index >= 15 is 0 Å². The molecule has 4 nitrogen and oxygen atoms in total. The SMILES string of the molecule is COC(=O)[CH-][C-]=O.O.[W].[Y]. The molecule has 0 unspecified atom stereocenters. The van der Waals surface area contributed by atoms with E-state index in [0.717, 1.165) is 0 Å². The second-order valence-corrected chi connectivity index (χ2v) is 0.785. The van der Waals surface area contributed by atoms with Crippen molar-refractivity contribution < 1.29 is 73.6 Å². The molecular weight excluding hydrogens is 385 g/mol. The van der Waals surface area contributed by atoms with Gasteiger partial charge in [-0.05, 0) is 0 Å². The average Bonchev–Trinajstić information content (AvgIpc) is 1.68. The molecule has 0 saturated heterocycles. The van der Waals surface area contributed by atoms with Gasteiger partial charge in [0, 0.05) is 59.7 Å².